The molecule has 0 radical (unpaired) electrons. The second-order valence-electron chi connectivity index (χ2n) is 9.72. The lowest BCUT2D eigenvalue weighted by Crippen LogP contribution is -2.27. The van der Waals surface area contributed by atoms with Gasteiger partial charge in [0.05, 0.1) is 37.3 Å². The van der Waals surface area contributed by atoms with E-state index in [4.69, 9.17) is 31.3 Å². The van der Waals surface area contributed by atoms with E-state index in [0.29, 0.717) is 39.1 Å². The molecule has 3 aliphatic rings. The molecule has 41 heavy (non-hydrogen) atoms. The number of dihydropyridines is 1. The van der Waals surface area contributed by atoms with Crippen LogP contribution in [0.15, 0.2) is 82.4 Å². The Balaban J connectivity index is 1.63. The number of rotatable bonds is 9. The zero-order chi connectivity index (χ0) is 29.1. The zero-order valence-corrected chi connectivity index (χ0v) is 23.3. The van der Waals surface area contributed by atoms with Crippen LogP contribution in [0.25, 0.3) is 5.57 Å². The molecule has 10 heteroatoms. The predicted octanol–water partition coefficient (Wildman–Crippen LogP) is 5.42. The first-order valence-electron chi connectivity index (χ1n) is 13.1. The molecule has 2 amide bonds. The standard InChI is InChI=1S/C31H28ClN3O6/c1-40-20-14-15-26(41-2)22(16-20)25-17-24(34-35(25)27(36)8-5-9-28(37)38)30-29(18-10-12-19(32)13-11-18)21-6-3-4-7-23(21)33-31(30)39/h3-4,6-7,10-16,21,25H,5,8-9,17H2,1-2H3,(H,37,38). The molecule has 2 heterocycles. The molecule has 2 aromatic carbocycles. The zero-order valence-electron chi connectivity index (χ0n) is 22.5. The number of halogens is 1. The number of aliphatic carboxylic acids is 1. The van der Waals surface area contributed by atoms with Crippen LogP contribution in [0.1, 0.15) is 42.9 Å². The molecule has 9 nitrogen and oxygen atoms in total. The van der Waals surface area contributed by atoms with Crippen molar-refractivity contribution in [3.63, 3.8) is 0 Å². The topological polar surface area (TPSA) is 118 Å². The van der Waals surface area contributed by atoms with Gasteiger partial charge in [0.1, 0.15) is 11.5 Å². The molecule has 0 saturated carbocycles. The average Bonchev–Trinajstić information content (AvgIpc) is 3.41. The van der Waals surface area contributed by atoms with Gasteiger partial charge in [0.2, 0.25) is 5.91 Å². The van der Waals surface area contributed by atoms with Gasteiger partial charge in [-0.3, -0.25) is 14.4 Å². The third-order valence-corrected chi connectivity index (χ3v) is 7.46. The minimum Gasteiger partial charge on any atom is -0.497 e. The van der Waals surface area contributed by atoms with Crippen molar-refractivity contribution in [3.05, 3.63) is 88.5 Å². The monoisotopic (exact) mass is 573 g/mol. The number of ether oxygens (including phenoxy) is 2. The summed E-state index contributed by atoms with van der Waals surface area (Å²) in [6.07, 6.45) is 7.73. The molecule has 5 rings (SSSR count). The molecule has 0 fully saturated rings. The van der Waals surface area contributed by atoms with Crippen LogP contribution in [0.4, 0.5) is 0 Å². The Morgan fingerprint density at radius 1 is 1.07 bits per heavy atom. The van der Waals surface area contributed by atoms with Crippen LogP contribution in [-0.4, -0.2) is 53.5 Å². The highest BCUT2D eigenvalue weighted by molar-refractivity contribution is 6.34. The molecule has 1 N–H and O–H groups in total. The molecule has 1 aliphatic carbocycles. The Hall–Kier alpha value is -4.50. The van der Waals surface area contributed by atoms with E-state index in [1.807, 2.05) is 36.4 Å². The Bertz CT molecular complexity index is 1550. The first-order chi connectivity index (χ1) is 19.8. The van der Waals surface area contributed by atoms with Crippen LogP contribution in [0.5, 0.6) is 11.5 Å². The fourth-order valence-corrected chi connectivity index (χ4v) is 5.42. The van der Waals surface area contributed by atoms with E-state index in [2.05, 4.69) is 4.99 Å². The molecule has 0 saturated heterocycles. The summed E-state index contributed by atoms with van der Waals surface area (Å²) in [5.41, 5.74) is 3.53. The SMILES string of the molecule is COc1ccc(OC)c(C2CC(C3=C(c4ccc(Cl)cc4)C4C=CC=CC4=NC3=O)=NN2C(=O)CCCC(=O)O)c1. The van der Waals surface area contributed by atoms with Crippen molar-refractivity contribution in [3.8, 4) is 11.5 Å². The number of methoxy groups -OCH3 is 2. The van der Waals surface area contributed by atoms with Gasteiger partial charge in [0.25, 0.3) is 5.91 Å². The number of hydrogen-bond acceptors (Lipinski definition) is 6. The fourth-order valence-electron chi connectivity index (χ4n) is 5.30. The molecular formula is C31H28ClN3O6. The minimum atomic E-state index is -0.983. The maximum absolute atomic E-state index is 13.7. The Kier molecular flexibility index (Phi) is 8.16. The van der Waals surface area contributed by atoms with E-state index in [-0.39, 0.29) is 37.5 Å². The summed E-state index contributed by atoms with van der Waals surface area (Å²) in [5, 5.41) is 15.7. The number of allylic oxidation sites excluding steroid dienone is 5. The lowest BCUT2D eigenvalue weighted by molar-refractivity contribution is -0.137. The molecule has 2 aliphatic heterocycles. The summed E-state index contributed by atoms with van der Waals surface area (Å²) >= 11 is 6.18. The molecular weight excluding hydrogens is 546 g/mol. The lowest BCUT2D eigenvalue weighted by atomic mass is 9.79. The number of hydrogen-bond donors (Lipinski definition) is 1. The van der Waals surface area contributed by atoms with Crippen LogP contribution in [0.2, 0.25) is 5.02 Å². The molecule has 0 bridgehead atoms. The summed E-state index contributed by atoms with van der Waals surface area (Å²) < 4.78 is 11.1. The van der Waals surface area contributed by atoms with E-state index in [9.17, 15) is 14.4 Å². The first-order valence-corrected chi connectivity index (χ1v) is 13.5. The van der Waals surface area contributed by atoms with Crippen LogP contribution >= 0.6 is 11.6 Å². The van der Waals surface area contributed by atoms with Crippen LogP contribution in [0, 0.1) is 5.92 Å². The fraction of sp³-hybridized carbons (Fsp3) is 0.258. The quantitative estimate of drug-likeness (QED) is 0.428. The third kappa shape index (κ3) is 5.71. The molecule has 0 spiro atoms. The minimum absolute atomic E-state index is 0.0264. The normalized spacial score (nSPS) is 19.6. The number of carboxylic acid groups (broad SMARTS) is 1. The van der Waals surface area contributed by atoms with Gasteiger partial charge >= 0.3 is 5.97 Å². The number of benzene rings is 2. The smallest absolute Gasteiger partial charge is 0.303 e. The van der Waals surface area contributed by atoms with E-state index in [1.165, 1.54) is 12.1 Å². The summed E-state index contributed by atoms with van der Waals surface area (Å²) in [6.45, 7) is 0. The van der Waals surface area contributed by atoms with E-state index in [0.717, 1.165) is 11.1 Å². The van der Waals surface area contributed by atoms with Crippen molar-refractivity contribution < 1.29 is 29.0 Å². The van der Waals surface area contributed by atoms with Gasteiger partial charge < -0.3 is 14.6 Å². The van der Waals surface area contributed by atoms with E-state index < -0.39 is 17.9 Å². The summed E-state index contributed by atoms with van der Waals surface area (Å²) in [7, 11) is 3.08. The van der Waals surface area contributed by atoms with Gasteiger partial charge in [-0.05, 0) is 54.0 Å². The predicted molar refractivity (Wildman–Crippen MR) is 155 cm³/mol. The Morgan fingerprint density at radius 3 is 2.56 bits per heavy atom. The summed E-state index contributed by atoms with van der Waals surface area (Å²) in [4.78, 5) is 42.6. The first kappa shape index (κ1) is 28.0. The molecule has 210 valence electrons. The average molecular weight is 574 g/mol. The number of carboxylic acids is 1. The van der Waals surface area contributed by atoms with Crippen LogP contribution in [-0.2, 0) is 14.4 Å². The highest BCUT2D eigenvalue weighted by Gasteiger charge is 2.40. The van der Waals surface area contributed by atoms with Crippen LogP contribution < -0.4 is 9.47 Å². The molecule has 2 atom stereocenters. The van der Waals surface area contributed by atoms with E-state index in [1.54, 1.807) is 37.4 Å². The van der Waals surface area contributed by atoms with Crippen molar-refractivity contribution >= 4 is 46.4 Å². The van der Waals surface area contributed by atoms with Crippen molar-refractivity contribution in [1.29, 1.82) is 0 Å². The number of hydrazone groups is 1. The number of carbonyl (C=O) groups is 3. The highest BCUT2D eigenvalue weighted by atomic mass is 35.5. The van der Waals surface area contributed by atoms with Crippen LogP contribution in [0.3, 0.4) is 0 Å². The molecule has 2 aromatic rings. The van der Waals surface area contributed by atoms with Crippen molar-refractivity contribution in [1.82, 2.24) is 5.01 Å². The number of nitrogens with zero attached hydrogens (tertiary/aromatic N) is 3. The van der Waals surface area contributed by atoms with Crippen molar-refractivity contribution in [2.45, 2.75) is 31.7 Å². The number of carbonyl (C=O) groups excluding carboxylic acids is 2. The highest BCUT2D eigenvalue weighted by Crippen LogP contribution is 2.43. The van der Waals surface area contributed by atoms with Gasteiger partial charge in [0, 0.05) is 35.8 Å². The largest absolute Gasteiger partial charge is 0.497 e. The number of fused-ring (bicyclic) bond motifs is 1. The van der Waals surface area contributed by atoms with Crippen molar-refractivity contribution in [2.24, 2.45) is 16.0 Å². The second kappa shape index (κ2) is 11.9. The van der Waals surface area contributed by atoms with Gasteiger partial charge in [-0.1, -0.05) is 42.0 Å². The number of aliphatic imine (C=N–C) groups is 1. The van der Waals surface area contributed by atoms with E-state index >= 15 is 0 Å². The maximum atomic E-state index is 13.7. The lowest BCUT2D eigenvalue weighted by Gasteiger charge is -2.26. The Labute approximate surface area is 242 Å². The maximum Gasteiger partial charge on any atom is 0.303 e. The third-order valence-electron chi connectivity index (χ3n) is 7.21. The summed E-state index contributed by atoms with van der Waals surface area (Å²) in [5.74, 6) is -0.993. The van der Waals surface area contributed by atoms with Gasteiger partial charge in [-0.25, -0.2) is 10.0 Å². The Morgan fingerprint density at radius 2 is 1.85 bits per heavy atom. The van der Waals surface area contributed by atoms with Gasteiger partial charge in [-0.2, -0.15) is 5.10 Å². The summed E-state index contributed by atoms with van der Waals surface area (Å²) in [6, 6.07) is 11.9. The van der Waals surface area contributed by atoms with Crippen molar-refractivity contribution in [2.75, 3.05) is 14.2 Å². The van der Waals surface area contributed by atoms with Gasteiger partial charge in [-0.15, -0.1) is 0 Å². The molecule has 0 aromatic heterocycles. The number of amides is 2. The second-order valence-corrected chi connectivity index (χ2v) is 10.2. The van der Waals surface area contributed by atoms with Gasteiger partial charge in [0.15, 0.2) is 0 Å². The molecule has 2 unspecified atom stereocenters.